The van der Waals surface area contributed by atoms with E-state index in [4.69, 9.17) is 44.3 Å². The molecule has 0 atom stereocenters. The number of hydrogen-bond acceptors (Lipinski definition) is 3. The molecule has 2 aromatic carbocycles. The van der Waals surface area contributed by atoms with Gasteiger partial charge < -0.3 is 14.4 Å². The SMILES string of the molecule is FC(F)(F)C(NC1(C(Cl)(Cl)Cl)Oc2ccccc2O1)=[N+]1CCN(c2ccccc2)CC1. The largest absolute Gasteiger partial charge is 0.494 e. The zero-order chi connectivity index (χ0) is 22.3. The minimum Gasteiger partial charge on any atom is -0.411 e. The first kappa shape index (κ1) is 22.2. The summed E-state index contributed by atoms with van der Waals surface area (Å²) in [5, 5.41) is 2.24. The van der Waals surface area contributed by atoms with Crippen LogP contribution in [0.25, 0.3) is 0 Å². The summed E-state index contributed by atoms with van der Waals surface area (Å²) in [6, 6.07) is 15.8. The lowest BCUT2D eigenvalue weighted by atomic mass is 10.2. The average molecular weight is 496 g/mol. The van der Waals surface area contributed by atoms with Gasteiger partial charge in [0.15, 0.2) is 11.5 Å². The van der Waals surface area contributed by atoms with Crippen LogP contribution in [0.4, 0.5) is 18.9 Å². The Morgan fingerprint density at radius 3 is 1.90 bits per heavy atom. The number of hydrogen-bond donors (Lipinski definition) is 1. The molecule has 0 spiro atoms. The molecule has 0 saturated carbocycles. The number of alkyl halides is 6. The summed E-state index contributed by atoms with van der Waals surface area (Å²) in [6.07, 6.45) is -4.76. The number of piperazine rings is 1. The van der Waals surface area contributed by atoms with Gasteiger partial charge >= 0.3 is 21.7 Å². The van der Waals surface area contributed by atoms with Gasteiger partial charge in [0.1, 0.15) is 13.1 Å². The van der Waals surface area contributed by atoms with Gasteiger partial charge in [-0.05, 0) is 24.3 Å². The molecule has 4 rings (SSSR count). The molecular formula is C20H18Cl3F3N3O2+. The van der Waals surface area contributed by atoms with E-state index in [2.05, 4.69) is 5.32 Å². The van der Waals surface area contributed by atoms with Gasteiger partial charge in [0, 0.05) is 5.69 Å². The smallest absolute Gasteiger partial charge is 0.411 e. The molecule has 2 aromatic rings. The van der Waals surface area contributed by atoms with Gasteiger partial charge in [-0.25, -0.2) is 0 Å². The number of nitrogens with one attached hydrogen (secondary N) is 1. The van der Waals surface area contributed by atoms with Crippen molar-refractivity contribution in [2.24, 2.45) is 0 Å². The van der Waals surface area contributed by atoms with E-state index in [1.54, 1.807) is 12.1 Å². The van der Waals surface area contributed by atoms with E-state index in [1.165, 1.54) is 12.1 Å². The van der Waals surface area contributed by atoms with E-state index in [9.17, 15) is 13.2 Å². The van der Waals surface area contributed by atoms with Gasteiger partial charge in [0.2, 0.25) is 0 Å². The Morgan fingerprint density at radius 1 is 0.903 bits per heavy atom. The van der Waals surface area contributed by atoms with E-state index in [0.29, 0.717) is 13.1 Å². The summed E-state index contributed by atoms with van der Waals surface area (Å²) in [5.74, 6) is -3.16. The first-order valence-corrected chi connectivity index (χ1v) is 10.5. The van der Waals surface area contributed by atoms with Crippen LogP contribution in [0.1, 0.15) is 0 Å². The third-order valence-electron chi connectivity index (χ3n) is 5.00. The number of para-hydroxylation sites is 3. The fourth-order valence-electron chi connectivity index (χ4n) is 3.50. The zero-order valence-electron chi connectivity index (χ0n) is 16.0. The molecule has 1 N–H and O–H groups in total. The maximum atomic E-state index is 14.1. The lowest BCUT2D eigenvalue weighted by Gasteiger charge is -2.33. The van der Waals surface area contributed by atoms with Gasteiger partial charge in [-0.3, -0.25) is 4.58 Å². The van der Waals surface area contributed by atoms with Crippen LogP contribution in [-0.4, -0.2) is 52.5 Å². The predicted molar refractivity (Wildman–Crippen MR) is 114 cm³/mol. The summed E-state index contributed by atoms with van der Waals surface area (Å²) < 4.78 is 52.1. The molecule has 0 aliphatic carbocycles. The van der Waals surface area contributed by atoms with Gasteiger partial charge in [0.25, 0.3) is 0 Å². The second-order valence-corrected chi connectivity index (χ2v) is 9.33. The van der Waals surface area contributed by atoms with Gasteiger partial charge in [-0.1, -0.05) is 65.1 Å². The van der Waals surface area contributed by atoms with Crippen molar-refractivity contribution in [3.8, 4) is 11.5 Å². The van der Waals surface area contributed by atoms with Crippen molar-refractivity contribution in [2.75, 3.05) is 31.1 Å². The molecule has 0 radical (unpaired) electrons. The topological polar surface area (TPSA) is 36.7 Å². The number of halogens is 6. The van der Waals surface area contributed by atoms with Crippen LogP contribution in [0.3, 0.4) is 0 Å². The summed E-state index contributed by atoms with van der Waals surface area (Å²) in [4.78, 5) is 2.01. The number of ether oxygens (including phenoxy) is 2. The molecule has 5 nitrogen and oxygen atoms in total. The molecule has 166 valence electrons. The van der Waals surface area contributed by atoms with Crippen LogP contribution in [0.15, 0.2) is 54.6 Å². The number of fused-ring (bicyclic) bond motifs is 1. The van der Waals surface area contributed by atoms with Crippen LogP contribution in [0.5, 0.6) is 11.5 Å². The normalized spacial score (nSPS) is 18.1. The van der Waals surface area contributed by atoms with Crippen molar-refractivity contribution in [1.29, 1.82) is 0 Å². The molecule has 2 aliphatic rings. The van der Waals surface area contributed by atoms with E-state index in [-0.39, 0.29) is 24.6 Å². The Morgan fingerprint density at radius 2 is 1.42 bits per heavy atom. The Hall–Kier alpha value is -2.03. The molecule has 31 heavy (non-hydrogen) atoms. The maximum Gasteiger partial charge on any atom is 0.494 e. The first-order valence-electron chi connectivity index (χ1n) is 9.40. The van der Waals surface area contributed by atoms with E-state index in [1.807, 2.05) is 35.2 Å². The number of benzene rings is 2. The molecular weight excluding hydrogens is 478 g/mol. The Bertz CT molecular complexity index is 946. The Balaban J connectivity index is 1.63. The highest BCUT2D eigenvalue weighted by Gasteiger charge is 2.66. The number of rotatable bonds is 2. The number of amidine groups is 1. The second kappa shape index (κ2) is 8.15. The highest BCUT2D eigenvalue weighted by Crippen LogP contribution is 2.48. The molecule has 0 unspecified atom stereocenters. The van der Waals surface area contributed by atoms with Crippen molar-refractivity contribution in [3.63, 3.8) is 0 Å². The van der Waals surface area contributed by atoms with Gasteiger partial charge in [-0.2, -0.15) is 18.5 Å². The highest BCUT2D eigenvalue weighted by atomic mass is 35.6. The molecule has 2 heterocycles. The zero-order valence-corrected chi connectivity index (χ0v) is 18.3. The van der Waals surface area contributed by atoms with Crippen LogP contribution >= 0.6 is 34.8 Å². The standard InChI is InChI=1S/C20H17Cl3F3N3O2/c21-19(22,23)20(30-15-8-4-5-9-16(15)31-20)27-17(18(24,25)26)29-12-10-28(11-13-29)14-6-2-1-3-7-14/h1-9H,10-13H2/p+1. The number of anilines is 1. The van der Waals surface area contributed by atoms with Crippen molar-refractivity contribution in [3.05, 3.63) is 54.6 Å². The van der Waals surface area contributed by atoms with E-state index in [0.717, 1.165) is 10.3 Å². The summed E-state index contributed by atoms with van der Waals surface area (Å²) in [6.45, 7) is 0.960. The monoisotopic (exact) mass is 494 g/mol. The third kappa shape index (κ3) is 4.47. The van der Waals surface area contributed by atoms with Crippen LogP contribution < -0.4 is 19.7 Å². The van der Waals surface area contributed by atoms with Crippen LogP contribution in [-0.2, 0) is 0 Å². The summed E-state index contributed by atoms with van der Waals surface area (Å²) in [5.41, 5.74) is 0.944. The predicted octanol–water partition coefficient (Wildman–Crippen LogP) is 4.56. The fraction of sp³-hybridized carbons (Fsp3) is 0.350. The maximum absolute atomic E-state index is 14.1. The quantitative estimate of drug-likeness (QED) is 0.376. The molecule has 0 amide bonds. The number of nitrogens with zero attached hydrogens (tertiary/aromatic N) is 2. The molecule has 0 aromatic heterocycles. The van der Waals surface area contributed by atoms with Crippen molar-refractivity contribution >= 4 is 46.3 Å². The molecule has 0 bridgehead atoms. The fourth-order valence-corrected chi connectivity index (χ4v) is 3.87. The molecule has 2 aliphatic heterocycles. The average Bonchev–Trinajstić information content (AvgIpc) is 3.12. The summed E-state index contributed by atoms with van der Waals surface area (Å²) in [7, 11) is 0. The Labute approximate surface area is 191 Å². The minimum absolute atomic E-state index is 0.0968. The lowest BCUT2D eigenvalue weighted by molar-refractivity contribution is -0.539. The lowest BCUT2D eigenvalue weighted by Crippen LogP contribution is -2.67. The summed E-state index contributed by atoms with van der Waals surface area (Å²) >= 11 is 18.1. The van der Waals surface area contributed by atoms with Crippen molar-refractivity contribution in [2.45, 2.75) is 15.9 Å². The minimum atomic E-state index is -4.76. The molecule has 1 saturated heterocycles. The van der Waals surface area contributed by atoms with Crippen molar-refractivity contribution in [1.82, 2.24) is 5.32 Å². The van der Waals surface area contributed by atoms with Crippen LogP contribution in [0.2, 0.25) is 0 Å². The van der Waals surface area contributed by atoms with Gasteiger partial charge in [-0.15, -0.1) is 0 Å². The van der Waals surface area contributed by atoms with E-state index >= 15 is 0 Å². The highest BCUT2D eigenvalue weighted by molar-refractivity contribution is 6.68. The Kier molecular flexibility index (Phi) is 5.83. The third-order valence-corrected chi connectivity index (χ3v) is 5.74. The molecule has 11 heteroatoms. The van der Waals surface area contributed by atoms with E-state index < -0.39 is 21.7 Å². The first-order chi connectivity index (χ1) is 14.6. The molecule has 1 fully saturated rings. The second-order valence-electron chi connectivity index (χ2n) is 7.05. The van der Waals surface area contributed by atoms with Gasteiger partial charge in [0.05, 0.1) is 13.1 Å². The van der Waals surface area contributed by atoms with Crippen LogP contribution in [0, 0.1) is 0 Å². The van der Waals surface area contributed by atoms with Crippen molar-refractivity contribution < 1.29 is 27.2 Å².